The maximum Gasteiger partial charge on any atom is 0.0623 e. The van der Waals surface area contributed by atoms with Crippen molar-refractivity contribution in [1.29, 1.82) is 0 Å². The predicted molar refractivity (Wildman–Crippen MR) is 80.8 cm³/mol. The van der Waals surface area contributed by atoms with Crippen molar-refractivity contribution in [2.45, 2.75) is 57.6 Å². The lowest BCUT2D eigenvalue weighted by Crippen LogP contribution is -2.37. The Morgan fingerprint density at radius 1 is 1.21 bits per heavy atom. The van der Waals surface area contributed by atoms with Gasteiger partial charge in [-0.15, -0.1) is 0 Å². The fourth-order valence-corrected chi connectivity index (χ4v) is 2.13. The molecule has 108 valence electrons. The Morgan fingerprint density at radius 2 is 1.89 bits per heavy atom. The highest BCUT2D eigenvalue weighted by Crippen LogP contribution is 2.18. The maximum absolute atomic E-state index is 5.63. The summed E-state index contributed by atoms with van der Waals surface area (Å²) in [6.45, 7) is 4.23. The molecule has 3 heteroatoms. The molecule has 0 spiro atoms. The predicted octanol–water partition coefficient (Wildman–Crippen LogP) is 3.05. The quantitative estimate of drug-likeness (QED) is 0.532. The lowest BCUT2D eigenvalue weighted by molar-refractivity contribution is 0.0115. The molecule has 0 aliphatic heterocycles. The van der Waals surface area contributed by atoms with Crippen LogP contribution in [0.15, 0.2) is 30.3 Å². The molecule has 0 aromatic heterocycles. The van der Waals surface area contributed by atoms with Gasteiger partial charge in [0.15, 0.2) is 0 Å². The van der Waals surface area contributed by atoms with Crippen LogP contribution in [-0.2, 0) is 11.2 Å². The van der Waals surface area contributed by atoms with E-state index in [4.69, 9.17) is 10.6 Å². The Morgan fingerprint density at radius 3 is 2.47 bits per heavy atom. The third kappa shape index (κ3) is 6.71. The second-order valence-corrected chi connectivity index (χ2v) is 5.74. The number of aryl methyl sites for hydroxylation is 1. The van der Waals surface area contributed by atoms with E-state index in [1.54, 1.807) is 7.11 Å². The molecule has 1 rings (SSSR count). The van der Waals surface area contributed by atoms with Gasteiger partial charge in [0.05, 0.1) is 5.60 Å². The molecule has 0 heterocycles. The van der Waals surface area contributed by atoms with Gasteiger partial charge in [-0.2, -0.15) is 0 Å². The summed E-state index contributed by atoms with van der Waals surface area (Å²) < 4.78 is 5.44. The summed E-state index contributed by atoms with van der Waals surface area (Å²) >= 11 is 0. The van der Waals surface area contributed by atoms with Gasteiger partial charge in [-0.3, -0.25) is 11.3 Å². The zero-order chi connectivity index (χ0) is 14.1. The molecule has 0 fully saturated rings. The van der Waals surface area contributed by atoms with Crippen molar-refractivity contribution in [3.63, 3.8) is 0 Å². The third-order valence-electron chi connectivity index (χ3n) is 3.74. The van der Waals surface area contributed by atoms with E-state index in [0.29, 0.717) is 6.04 Å². The Kier molecular flexibility index (Phi) is 7.06. The fourth-order valence-electron chi connectivity index (χ4n) is 2.13. The van der Waals surface area contributed by atoms with Crippen molar-refractivity contribution in [1.82, 2.24) is 5.43 Å². The molecule has 1 unspecified atom stereocenters. The van der Waals surface area contributed by atoms with Crippen LogP contribution < -0.4 is 11.3 Å². The number of nitrogens with two attached hydrogens (primary N) is 1. The Hall–Kier alpha value is -0.900. The van der Waals surface area contributed by atoms with E-state index in [-0.39, 0.29) is 5.60 Å². The number of nitrogens with one attached hydrogen (secondary N) is 1. The SMILES string of the molecule is COC(C)(C)CCC(CCCc1ccccc1)NN. The number of ether oxygens (including phenoxy) is 1. The van der Waals surface area contributed by atoms with Crippen LogP contribution in [0.1, 0.15) is 45.1 Å². The van der Waals surface area contributed by atoms with E-state index < -0.39 is 0 Å². The van der Waals surface area contributed by atoms with Crippen LogP contribution in [0, 0.1) is 0 Å². The van der Waals surface area contributed by atoms with E-state index in [9.17, 15) is 0 Å². The van der Waals surface area contributed by atoms with Crippen LogP contribution >= 0.6 is 0 Å². The zero-order valence-corrected chi connectivity index (χ0v) is 12.5. The van der Waals surface area contributed by atoms with E-state index in [2.05, 4.69) is 49.6 Å². The molecule has 0 aliphatic rings. The number of hydrogen-bond donors (Lipinski definition) is 2. The minimum atomic E-state index is -0.0610. The van der Waals surface area contributed by atoms with Crippen molar-refractivity contribution in [3.8, 4) is 0 Å². The molecule has 3 N–H and O–H groups in total. The topological polar surface area (TPSA) is 47.3 Å². The molecule has 19 heavy (non-hydrogen) atoms. The average molecular weight is 264 g/mol. The van der Waals surface area contributed by atoms with Crippen molar-refractivity contribution >= 4 is 0 Å². The molecule has 1 atom stereocenters. The standard InChI is InChI=1S/C16H28N2O/c1-16(2,19-3)13-12-15(18-17)11-7-10-14-8-5-4-6-9-14/h4-6,8-9,15,18H,7,10-13,17H2,1-3H3. The monoisotopic (exact) mass is 264 g/mol. The Labute approximate surface area is 117 Å². The van der Waals surface area contributed by atoms with E-state index in [0.717, 1.165) is 32.1 Å². The summed E-state index contributed by atoms with van der Waals surface area (Å²) in [5, 5.41) is 0. The van der Waals surface area contributed by atoms with Crippen molar-refractivity contribution in [2.75, 3.05) is 7.11 Å². The van der Waals surface area contributed by atoms with Crippen LogP contribution in [0.25, 0.3) is 0 Å². The first-order chi connectivity index (χ1) is 9.07. The summed E-state index contributed by atoms with van der Waals surface area (Å²) in [4.78, 5) is 0. The van der Waals surface area contributed by atoms with Crippen molar-refractivity contribution < 1.29 is 4.74 Å². The van der Waals surface area contributed by atoms with Gasteiger partial charge in [0.2, 0.25) is 0 Å². The molecule has 0 saturated carbocycles. The van der Waals surface area contributed by atoms with Gasteiger partial charge in [-0.05, 0) is 51.5 Å². The molecule has 1 aromatic rings. The highest BCUT2D eigenvalue weighted by atomic mass is 16.5. The average Bonchev–Trinajstić information content (AvgIpc) is 2.43. The van der Waals surface area contributed by atoms with Gasteiger partial charge in [-0.25, -0.2) is 0 Å². The summed E-state index contributed by atoms with van der Waals surface area (Å²) in [5.41, 5.74) is 4.27. The molecule has 0 saturated heterocycles. The summed E-state index contributed by atoms with van der Waals surface area (Å²) in [5.74, 6) is 5.63. The maximum atomic E-state index is 5.63. The van der Waals surface area contributed by atoms with Gasteiger partial charge in [0.25, 0.3) is 0 Å². The molecular formula is C16H28N2O. The number of hydrogen-bond acceptors (Lipinski definition) is 3. The number of methoxy groups -OCH3 is 1. The van der Waals surface area contributed by atoms with Gasteiger partial charge in [0, 0.05) is 13.2 Å². The molecule has 0 bridgehead atoms. The first-order valence-corrected chi connectivity index (χ1v) is 7.12. The van der Waals surface area contributed by atoms with Gasteiger partial charge >= 0.3 is 0 Å². The minimum Gasteiger partial charge on any atom is -0.379 e. The highest BCUT2D eigenvalue weighted by molar-refractivity contribution is 5.14. The van der Waals surface area contributed by atoms with Crippen LogP contribution in [0.4, 0.5) is 0 Å². The van der Waals surface area contributed by atoms with Gasteiger partial charge in [0.1, 0.15) is 0 Å². The second-order valence-electron chi connectivity index (χ2n) is 5.74. The van der Waals surface area contributed by atoms with Crippen molar-refractivity contribution in [2.24, 2.45) is 5.84 Å². The minimum absolute atomic E-state index is 0.0610. The second kappa shape index (κ2) is 8.31. The largest absolute Gasteiger partial charge is 0.379 e. The molecular weight excluding hydrogens is 236 g/mol. The van der Waals surface area contributed by atoms with Crippen LogP contribution in [0.3, 0.4) is 0 Å². The first kappa shape index (κ1) is 16.2. The van der Waals surface area contributed by atoms with Crippen LogP contribution in [-0.4, -0.2) is 18.8 Å². The number of rotatable bonds is 9. The molecule has 1 aromatic carbocycles. The molecule has 3 nitrogen and oxygen atoms in total. The normalized spacial score (nSPS) is 13.5. The summed E-state index contributed by atoms with van der Waals surface area (Å²) in [6, 6.07) is 11.0. The fraction of sp³-hybridized carbons (Fsp3) is 0.625. The third-order valence-corrected chi connectivity index (χ3v) is 3.74. The smallest absolute Gasteiger partial charge is 0.0623 e. The van der Waals surface area contributed by atoms with Gasteiger partial charge < -0.3 is 4.74 Å². The Bertz CT molecular complexity index is 338. The molecule has 0 aliphatic carbocycles. The highest BCUT2D eigenvalue weighted by Gasteiger charge is 2.18. The lowest BCUT2D eigenvalue weighted by atomic mass is 9.96. The summed E-state index contributed by atoms with van der Waals surface area (Å²) in [6.07, 6.45) is 5.44. The lowest BCUT2D eigenvalue weighted by Gasteiger charge is -2.25. The number of hydrazine groups is 1. The van der Waals surface area contributed by atoms with Crippen molar-refractivity contribution in [3.05, 3.63) is 35.9 Å². The summed E-state index contributed by atoms with van der Waals surface area (Å²) in [7, 11) is 1.76. The molecule has 0 amide bonds. The molecule has 0 radical (unpaired) electrons. The van der Waals surface area contributed by atoms with E-state index in [1.165, 1.54) is 5.56 Å². The van der Waals surface area contributed by atoms with Gasteiger partial charge in [-0.1, -0.05) is 30.3 Å². The van der Waals surface area contributed by atoms with Crippen LogP contribution in [0.2, 0.25) is 0 Å². The van der Waals surface area contributed by atoms with E-state index >= 15 is 0 Å². The van der Waals surface area contributed by atoms with Crippen LogP contribution in [0.5, 0.6) is 0 Å². The van der Waals surface area contributed by atoms with E-state index in [1.807, 2.05) is 0 Å². The zero-order valence-electron chi connectivity index (χ0n) is 12.5. The first-order valence-electron chi connectivity index (χ1n) is 7.12. The Balaban J connectivity index is 2.25. The number of benzene rings is 1.